The summed E-state index contributed by atoms with van der Waals surface area (Å²) < 4.78 is 5.12. The number of nitrogens with two attached hydrogens (primary N) is 1. The minimum absolute atomic E-state index is 0.0927. The lowest BCUT2D eigenvalue weighted by molar-refractivity contribution is 0.255. The van der Waals surface area contributed by atoms with Crippen LogP contribution in [0.5, 0.6) is 0 Å². The Bertz CT molecular complexity index is 622. The number of pyridine rings is 1. The van der Waals surface area contributed by atoms with Crippen LogP contribution in [0.3, 0.4) is 0 Å². The van der Waals surface area contributed by atoms with Gasteiger partial charge in [0.15, 0.2) is 0 Å². The fourth-order valence-electron chi connectivity index (χ4n) is 1.44. The van der Waals surface area contributed by atoms with Crippen LogP contribution in [-0.2, 0) is 0 Å². The number of aromatic nitrogens is 1. The number of primary amides is 1. The molecule has 6 heteroatoms. The van der Waals surface area contributed by atoms with E-state index >= 15 is 0 Å². The first-order valence-electron chi connectivity index (χ1n) is 5.17. The van der Waals surface area contributed by atoms with Gasteiger partial charge in [-0.25, -0.2) is 9.59 Å². The Hall–Kier alpha value is -2.63. The van der Waals surface area contributed by atoms with Gasteiger partial charge in [0.05, 0.1) is 0 Å². The number of carbonyl (C=O) groups excluding carboxylic acids is 1. The quantitative estimate of drug-likeness (QED) is 0.861. The number of rotatable bonds is 2. The number of nitrogens with zero attached hydrogens (tertiary/aromatic N) is 2. The summed E-state index contributed by atoms with van der Waals surface area (Å²) in [6.45, 7) is 0. The van der Waals surface area contributed by atoms with Crippen molar-refractivity contribution in [2.24, 2.45) is 5.73 Å². The Morgan fingerprint density at radius 1 is 1.39 bits per heavy atom. The molecular formula is C12H11N3O3. The average molecular weight is 245 g/mol. The van der Waals surface area contributed by atoms with Crippen LogP contribution in [-0.4, -0.2) is 18.1 Å². The van der Waals surface area contributed by atoms with Gasteiger partial charge in [0.25, 0.3) is 0 Å². The Kier molecular flexibility index (Phi) is 3.09. The summed E-state index contributed by atoms with van der Waals surface area (Å²) in [7, 11) is 1.40. The second-order valence-electron chi connectivity index (χ2n) is 3.61. The molecule has 92 valence electrons. The second-order valence-corrected chi connectivity index (χ2v) is 3.61. The van der Waals surface area contributed by atoms with Crippen molar-refractivity contribution in [3.05, 3.63) is 47.1 Å². The molecule has 0 unspecified atom stereocenters. The van der Waals surface area contributed by atoms with Gasteiger partial charge < -0.3 is 10.2 Å². The molecule has 2 heterocycles. The number of hydrogen-bond donors (Lipinski definition) is 1. The fourth-order valence-corrected chi connectivity index (χ4v) is 1.44. The van der Waals surface area contributed by atoms with Crippen molar-refractivity contribution in [3.8, 4) is 11.3 Å². The van der Waals surface area contributed by atoms with E-state index in [0.717, 1.165) is 4.90 Å². The van der Waals surface area contributed by atoms with Gasteiger partial charge in [-0.15, -0.1) is 0 Å². The van der Waals surface area contributed by atoms with Gasteiger partial charge in [0, 0.05) is 25.0 Å². The molecule has 0 saturated heterocycles. The van der Waals surface area contributed by atoms with E-state index in [2.05, 4.69) is 4.98 Å². The number of amides is 2. The monoisotopic (exact) mass is 245 g/mol. The molecule has 18 heavy (non-hydrogen) atoms. The highest BCUT2D eigenvalue weighted by Gasteiger charge is 2.13. The molecule has 0 radical (unpaired) electrons. The number of urea groups is 1. The van der Waals surface area contributed by atoms with E-state index in [1.54, 1.807) is 30.6 Å². The van der Waals surface area contributed by atoms with Crippen LogP contribution in [0.15, 0.2) is 45.9 Å². The van der Waals surface area contributed by atoms with Gasteiger partial charge in [-0.1, -0.05) is 0 Å². The van der Waals surface area contributed by atoms with Crippen LogP contribution in [0.4, 0.5) is 10.5 Å². The topological polar surface area (TPSA) is 89.4 Å². The van der Waals surface area contributed by atoms with Crippen LogP contribution in [0, 0.1) is 0 Å². The maximum atomic E-state index is 11.7. The molecule has 2 aromatic rings. The molecule has 0 bridgehead atoms. The molecule has 0 aliphatic carbocycles. The highest BCUT2D eigenvalue weighted by molar-refractivity contribution is 5.89. The van der Waals surface area contributed by atoms with Gasteiger partial charge in [0.1, 0.15) is 11.4 Å². The summed E-state index contributed by atoms with van der Waals surface area (Å²) in [5.41, 5.74) is 5.23. The number of hydrogen-bond acceptors (Lipinski definition) is 4. The van der Waals surface area contributed by atoms with E-state index in [0.29, 0.717) is 11.3 Å². The van der Waals surface area contributed by atoms with Gasteiger partial charge in [-0.2, -0.15) is 0 Å². The lowest BCUT2D eigenvalue weighted by atomic mass is 10.2. The van der Waals surface area contributed by atoms with Gasteiger partial charge in [0.2, 0.25) is 0 Å². The molecule has 0 aliphatic rings. The minimum Gasteiger partial charge on any atom is -0.421 e. The molecule has 0 spiro atoms. The standard InChI is InChI=1S/C12H11N3O3/c1-15(12(13)17)9-4-5-10(18-11(9)16)8-3-2-6-14-7-8/h2-7H,1H3,(H2,13,17). The number of carbonyl (C=O) groups is 1. The first-order chi connectivity index (χ1) is 8.59. The Morgan fingerprint density at radius 2 is 2.17 bits per heavy atom. The number of anilines is 1. The molecule has 6 nitrogen and oxygen atoms in total. The van der Waals surface area contributed by atoms with Crippen LogP contribution >= 0.6 is 0 Å². The molecule has 0 aliphatic heterocycles. The molecular weight excluding hydrogens is 234 g/mol. The van der Waals surface area contributed by atoms with Gasteiger partial charge in [-0.3, -0.25) is 9.88 Å². The molecule has 0 saturated carbocycles. The van der Waals surface area contributed by atoms with E-state index in [1.165, 1.54) is 13.1 Å². The highest BCUT2D eigenvalue weighted by Crippen LogP contribution is 2.18. The molecule has 2 rings (SSSR count). The molecule has 2 N–H and O–H groups in total. The largest absolute Gasteiger partial charge is 0.421 e. The van der Waals surface area contributed by atoms with Crippen LogP contribution in [0.1, 0.15) is 0 Å². The zero-order chi connectivity index (χ0) is 13.1. The van der Waals surface area contributed by atoms with Crippen molar-refractivity contribution in [1.29, 1.82) is 0 Å². The molecule has 2 amide bonds. The summed E-state index contributed by atoms with van der Waals surface area (Å²) in [4.78, 5) is 27.6. The van der Waals surface area contributed by atoms with Crippen molar-refractivity contribution in [2.75, 3.05) is 11.9 Å². The van der Waals surface area contributed by atoms with E-state index in [-0.39, 0.29) is 5.69 Å². The predicted molar refractivity (Wildman–Crippen MR) is 66.2 cm³/mol. The lowest BCUT2D eigenvalue weighted by Crippen LogP contribution is -2.34. The lowest BCUT2D eigenvalue weighted by Gasteiger charge is -2.12. The summed E-state index contributed by atoms with van der Waals surface area (Å²) in [5.74, 6) is 0.384. The Morgan fingerprint density at radius 3 is 2.72 bits per heavy atom. The Labute approximate surface area is 103 Å². The van der Waals surface area contributed by atoms with Crippen molar-refractivity contribution < 1.29 is 9.21 Å². The molecule has 0 atom stereocenters. The van der Waals surface area contributed by atoms with Gasteiger partial charge >= 0.3 is 11.7 Å². The molecule has 0 aromatic carbocycles. The third-order valence-corrected chi connectivity index (χ3v) is 2.44. The zero-order valence-corrected chi connectivity index (χ0v) is 9.66. The first-order valence-corrected chi connectivity index (χ1v) is 5.17. The highest BCUT2D eigenvalue weighted by atomic mass is 16.4. The van der Waals surface area contributed by atoms with Crippen LogP contribution in [0.25, 0.3) is 11.3 Å². The van der Waals surface area contributed by atoms with E-state index in [4.69, 9.17) is 10.2 Å². The maximum absolute atomic E-state index is 11.7. The van der Waals surface area contributed by atoms with Crippen molar-refractivity contribution >= 4 is 11.7 Å². The van der Waals surface area contributed by atoms with Gasteiger partial charge in [-0.05, 0) is 24.3 Å². The first kappa shape index (κ1) is 11.8. The maximum Gasteiger partial charge on any atom is 0.360 e. The SMILES string of the molecule is CN(C(N)=O)c1ccc(-c2cccnc2)oc1=O. The van der Waals surface area contributed by atoms with Crippen LogP contribution < -0.4 is 16.3 Å². The van der Waals surface area contributed by atoms with Crippen molar-refractivity contribution in [3.63, 3.8) is 0 Å². The summed E-state index contributed by atoms with van der Waals surface area (Å²) in [5, 5.41) is 0. The smallest absolute Gasteiger partial charge is 0.360 e. The molecule has 0 fully saturated rings. The summed E-state index contributed by atoms with van der Waals surface area (Å²) >= 11 is 0. The van der Waals surface area contributed by atoms with E-state index in [9.17, 15) is 9.59 Å². The van der Waals surface area contributed by atoms with E-state index in [1.807, 2.05) is 0 Å². The minimum atomic E-state index is -0.726. The summed E-state index contributed by atoms with van der Waals surface area (Å²) in [6.07, 6.45) is 3.20. The third kappa shape index (κ3) is 2.22. The second kappa shape index (κ2) is 4.70. The Balaban J connectivity index is 2.43. The third-order valence-electron chi connectivity index (χ3n) is 2.44. The van der Waals surface area contributed by atoms with E-state index < -0.39 is 11.7 Å². The molecule has 2 aromatic heterocycles. The summed E-state index contributed by atoms with van der Waals surface area (Å²) in [6, 6.07) is 5.85. The zero-order valence-electron chi connectivity index (χ0n) is 9.66. The van der Waals surface area contributed by atoms with Crippen LogP contribution in [0.2, 0.25) is 0 Å². The van der Waals surface area contributed by atoms with Crippen molar-refractivity contribution in [2.45, 2.75) is 0 Å². The normalized spacial score (nSPS) is 10.1. The average Bonchev–Trinajstić information content (AvgIpc) is 2.38. The fraction of sp³-hybridized carbons (Fsp3) is 0.0833. The predicted octanol–water partition coefficient (Wildman–Crippen LogP) is 1.22. The van der Waals surface area contributed by atoms with Crippen molar-refractivity contribution in [1.82, 2.24) is 4.98 Å².